The monoisotopic (exact) mass is 447 g/mol. The summed E-state index contributed by atoms with van der Waals surface area (Å²) >= 11 is 6.14. The van der Waals surface area contributed by atoms with E-state index in [4.69, 9.17) is 11.6 Å². The van der Waals surface area contributed by atoms with Gasteiger partial charge in [0.15, 0.2) is 0 Å². The number of nitrogens with one attached hydrogen (secondary N) is 1. The van der Waals surface area contributed by atoms with Gasteiger partial charge in [0.2, 0.25) is 0 Å². The summed E-state index contributed by atoms with van der Waals surface area (Å²) in [4.78, 5) is 29.5. The minimum Gasteiger partial charge on any atom is -0.322 e. The standard InChI is InChI=1S/C26H26ClN3O2/c1-18-11-12-20(15-19(18)2)17-29-13-6-14-30(26(29)32)22-8-5-7-21(16-22)28-25(31)23-9-3-4-10-24(23)27/h3-5,7-12,15-16H,6,13-14,17H2,1-2H3,(H,28,31). The molecule has 0 spiro atoms. The lowest BCUT2D eigenvalue weighted by molar-refractivity contribution is 0.102. The van der Waals surface area contributed by atoms with Gasteiger partial charge < -0.3 is 10.2 Å². The first-order chi connectivity index (χ1) is 15.4. The van der Waals surface area contributed by atoms with E-state index in [-0.39, 0.29) is 11.9 Å². The van der Waals surface area contributed by atoms with Crippen molar-refractivity contribution in [2.24, 2.45) is 0 Å². The minimum atomic E-state index is -0.283. The number of amides is 3. The van der Waals surface area contributed by atoms with Gasteiger partial charge in [0.05, 0.1) is 10.6 Å². The fourth-order valence-corrected chi connectivity index (χ4v) is 4.11. The SMILES string of the molecule is Cc1ccc(CN2CCCN(c3cccc(NC(=O)c4ccccc4Cl)c3)C2=O)cc1C. The summed E-state index contributed by atoms with van der Waals surface area (Å²) in [5.41, 5.74) is 5.39. The van der Waals surface area contributed by atoms with E-state index < -0.39 is 0 Å². The highest BCUT2D eigenvalue weighted by Gasteiger charge is 2.27. The Morgan fingerprint density at radius 1 is 0.969 bits per heavy atom. The van der Waals surface area contributed by atoms with Crippen molar-refractivity contribution in [1.29, 1.82) is 0 Å². The lowest BCUT2D eigenvalue weighted by Crippen LogP contribution is -2.49. The van der Waals surface area contributed by atoms with Gasteiger partial charge in [-0.2, -0.15) is 0 Å². The summed E-state index contributed by atoms with van der Waals surface area (Å²) in [6.07, 6.45) is 0.882. The number of carbonyl (C=O) groups excluding carboxylic acids is 2. The van der Waals surface area contributed by atoms with Crippen molar-refractivity contribution in [3.05, 3.63) is 94.0 Å². The molecular weight excluding hydrogens is 422 g/mol. The highest BCUT2D eigenvalue weighted by atomic mass is 35.5. The summed E-state index contributed by atoms with van der Waals surface area (Å²) in [6, 6.07) is 20.6. The predicted octanol–water partition coefficient (Wildman–Crippen LogP) is 6.04. The highest BCUT2D eigenvalue weighted by molar-refractivity contribution is 6.34. The van der Waals surface area contributed by atoms with E-state index >= 15 is 0 Å². The number of rotatable bonds is 5. The average Bonchev–Trinajstić information content (AvgIpc) is 2.78. The molecule has 1 aliphatic rings. The maximum Gasteiger partial charge on any atom is 0.324 e. The van der Waals surface area contributed by atoms with E-state index in [1.54, 1.807) is 35.2 Å². The van der Waals surface area contributed by atoms with Crippen molar-refractivity contribution >= 4 is 34.9 Å². The third-order valence-electron chi connectivity index (χ3n) is 5.79. The van der Waals surface area contributed by atoms with Crippen LogP contribution < -0.4 is 10.2 Å². The Balaban J connectivity index is 1.49. The first kappa shape index (κ1) is 21.9. The molecule has 1 fully saturated rings. The van der Waals surface area contributed by atoms with Crippen LogP contribution in [0.1, 0.15) is 33.5 Å². The van der Waals surface area contributed by atoms with E-state index in [9.17, 15) is 9.59 Å². The zero-order valence-corrected chi connectivity index (χ0v) is 19.0. The van der Waals surface area contributed by atoms with Gasteiger partial charge in [0.25, 0.3) is 5.91 Å². The van der Waals surface area contributed by atoms with Crippen LogP contribution in [0.2, 0.25) is 5.02 Å². The van der Waals surface area contributed by atoms with Crippen molar-refractivity contribution < 1.29 is 9.59 Å². The zero-order chi connectivity index (χ0) is 22.7. The second-order valence-electron chi connectivity index (χ2n) is 8.11. The number of aryl methyl sites for hydroxylation is 2. The van der Waals surface area contributed by atoms with Gasteiger partial charge >= 0.3 is 6.03 Å². The maximum atomic E-state index is 13.2. The molecule has 0 bridgehead atoms. The molecule has 0 radical (unpaired) electrons. The van der Waals surface area contributed by atoms with Gasteiger partial charge in [-0.15, -0.1) is 0 Å². The van der Waals surface area contributed by atoms with Crippen molar-refractivity contribution in [1.82, 2.24) is 4.90 Å². The van der Waals surface area contributed by atoms with Gasteiger partial charge in [-0.1, -0.05) is 48.0 Å². The third kappa shape index (κ3) is 4.78. The number of benzene rings is 3. The lowest BCUT2D eigenvalue weighted by Gasteiger charge is -2.36. The Morgan fingerprint density at radius 2 is 1.78 bits per heavy atom. The Kier molecular flexibility index (Phi) is 6.47. The van der Waals surface area contributed by atoms with Gasteiger partial charge in [-0.25, -0.2) is 4.79 Å². The summed E-state index contributed by atoms with van der Waals surface area (Å²) < 4.78 is 0. The molecule has 0 aliphatic carbocycles. The van der Waals surface area contributed by atoms with Gasteiger partial charge in [0.1, 0.15) is 0 Å². The first-order valence-electron chi connectivity index (χ1n) is 10.7. The van der Waals surface area contributed by atoms with Crippen molar-refractivity contribution in [2.75, 3.05) is 23.3 Å². The van der Waals surface area contributed by atoms with Crippen LogP contribution in [0.3, 0.4) is 0 Å². The van der Waals surface area contributed by atoms with Crippen LogP contribution in [-0.2, 0) is 6.54 Å². The molecule has 5 nitrogen and oxygen atoms in total. The molecule has 1 heterocycles. The molecule has 0 atom stereocenters. The van der Waals surface area contributed by atoms with E-state index in [1.807, 2.05) is 23.1 Å². The topological polar surface area (TPSA) is 52.6 Å². The zero-order valence-electron chi connectivity index (χ0n) is 18.3. The fraction of sp³-hybridized carbons (Fsp3) is 0.231. The fourth-order valence-electron chi connectivity index (χ4n) is 3.89. The second-order valence-corrected chi connectivity index (χ2v) is 8.52. The summed E-state index contributed by atoms with van der Waals surface area (Å²) in [7, 11) is 0. The number of urea groups is 1. The Bertz CT molecular complexity index is 1160. The maximum absolute atomic E-state index is 13.2. The molecular formula is C26H26ClN3O2. The first-order valence-corrected chi connectivity index (χ1v) is 11.1. The van der Waals surface area contributed by atoms with Crippen LogP contribution in [0.25, 0.3) is 0 Å². The van der Waals surface area contributed by atoms with Gasteiger partial charge in [0, 0.05) is 31.0 Å². The number of halogens is 1. The molecule has 3 amide bonds. The summed E-state index contributed by atoms with van der Waals surface area (Å²) in [5, 5.41) is 3.28. The number of carbonyl (C=O) groups is 2. The summed E-state index contributed by atoms with van der Waals surface area (Å²) in [5.74, 6) is -0.283. The van der Waals surface area contributed by atoms with E-state index in [0.717, 1.165) is 24.2 Å². The normalized spacial score (nSPS) is 13.9. The molecule has 3 aromatic carbocycles. The molecule has 0 unspecified atom stereocenters. The molecule has 4 rings (SSSR count). The molecule has 3 aromatic rings. The second kappa shape index (κ2) is 9.45. The van der Waals surface area contributed by atoms with Crippen LogP contribution in [0.15, 0.2) is 66.7 Å². The molecule has 1 saturated heterocycles. The number of hydrogen-bond acceptors (Lipinski definition) is 2. The molecule has 1 N–H and O–H groups in total. The number of nitrogens with zero attached hydrogens (tertiary/aromatic N) is 2. The van der Waals surface area contributed by atoms with E-state index in [2.05, 4.69) is 37.4 Å². The molecule has 164 valence electrons. The van der Waals surface area contributed by atoms with Crippen LogP contribution in [0, 0.1) is 13.8 Å². The Hall–Kier alpha value is -3.31. The number of anilines is 2. The van der Waals surface area contributed by atoms with Crippen molar-refractivity contribution in [3.8, 4) is 0 Å². The van der Waals surface area contributed by atoms with Crippen molar-refractivity contribution in [3.63, 3.8) is 0 Å². The van der Waals surface area contributed by atoms with Crippen LogP contribution in [-0.4, -0.2) is 29.9 Å². The van der Waals surface area contributed by atoms with Crippen LogP contribution >= 0.6 is 11.6 Å². The molecule has 6 heteroatoms. The Morgan fingerprint density at radius 3 is 2.56 bits per heavy atom. The van der Waals surface area contributed by atoms with E-state index in [1.165, 1.54) is 11.1 Å². The molecule has 32 heavy (non-hydrogen) atoms. The van der Waals surface area contributed by atoms with Crippen LogP contribution in [0.4, 0.5) is 16.2 Å². The van der Waals surface area contributed by atoms with Gasteiger partial charge in [-0.3, -0.25) is 9.69 Å². The predicted molar refractivity (Wildman–Crippen MR) is 130 cm³/mol. The quantitative estimate of drug-likeness (QED) is 0.518. The molecule has 0 saturated carbocycles. The van der Waals surface area contributed by atoms with Gasteiger partial charge in [-0.05, 0) is 67.3 Å². The minimum absolute atomic E-state index is 0.0240. The van der Waals surface area contributed by atoms with Crippen molar-refractivity contribution in [2.45, 2.75) is 26.8 Å². The van der Waals surface area contributed by atoms with E-state index in [0.29, 0.717) is 29.4 Å². The average molecular weight is 448 g/mol. The smallest absolute Gasteiger partial charge is 0.322 e. The highest BCUT2D eigenvalue weighted by Crippen LogP contribution is 2.25. The third-order valence-corrected chi connectivity index (χ3v) is 6.12. The largest absolute Gasteiger partial charge is 0.324 e. The Labute approximate surface area is 193 Å². The van der Waals surface area contributed by atoms with Crippen LogP contribution in [0.5, 0.6) is 0 Å². The molecule has 0 aromatic heterocycles. The lowest BCUT2D eigenvalue weighted by atomic mass is 10.1. The number of hydrogen-bond donors (Lipinski definition) is 1. The summed E-state index contributed by atoms with van der Waals surface area (Å²) in [6.45, 7) is 6.13. The molecule has 1 aliphatic heterocycles.